The Morgan fingerprint density at radius 2 is 1.88 bits per heavy atom. The molecule has 24 heavy (non-hydrogen) atoms. The number of nitro groups is 1. The number of hydrogen-bond donors (Lipinski definition) is 2. The normalized spacial score (nSPS) is 11.0. The molecule has 0 atom stereocenters. The minimum Gasteiger partial charge on any atom is -0.508 e. The van der Waals surface area contributed by atoms with Crippen LogP contribution in [0.5, 0.6) is 17.2 Å². The topological polar surface area (TPSA) is 105 Å². The molecular weight excluding hydrogens is 448 g/mol. The van der Waals surface area contributed by atoms with Crippen molar-refractivity contribution < 1.29 is 19.9 Å². The zero-order valence-corrected chi connectivity index (χ0v) is 15.5. The van der Waals surface area contributed by atoms with Gasteiger partial charge in [0.05, 0.1) is 23.3 Å². The van der Waals surface area contributed by atoms with Crippen molar-refractivity contribution in [2.75, 3.05) is 6.61 Å². The van der Waals surface area contributed by atoms with E-state index in [2.05, 4.69) is 36.9 Å². The lowest BCUT2D eigenvalue weighted by Gasteiger charge is -2.08. The van der Waals surface area contributed by atoms with Gasteiger partial charge >= 0.3 is 0 Å². The molecule has 2 N–H and O–H groups in total. The summed E-state index contributed by atoms with van der Waals surface area (Å²) in [4.78, 5) is 14.7. The molecule has 9 heteroatoms. The van der Waals surface area contributed by atoms with Gasteiger partial charge in [0, 0.05) is 26.8 Å². The average Bonchev–Trinajstić information content (AvgIpc) is 2.49. The third-order valence-corrected chi connectivity index (χ3v) is 4.14. The van der Waals surface area contributed by atoms with Crippen LogP contribution < -0.4 is 4.74 Å². The van der Waals surface area contributed by atoms with Gasteiger partial charge in [-0.1, -0.05) is 0 Å². The Labute approximate surface area is 154 Å². The number of phenols is 2. The third kappa shape index (κ3) is 4.04. The van der Waals surface area contributed by atoms with Crippen molar-refractivity contribution in [3.63, 3.8) is 0 Å². The van der Waals surface area contributed by atoms with Crippen LogP contribution in [0.1, 0.15) is 12.5 Å². The summed E-state index contributed by atoms with van der Waals surface area (Å²) in [5, 5.41) is 30.7. The van der Waals surface area contributed by atoms with Crippen LogP contribution in [-0.2, 0) is 0 Å². The highest BCUT2D eigenvalue weighted by molar-refractivity contribution is 9.11. The van der Waals surface area contributed by atoms with Crippen LogP contribution in [-0.4, -0.2) is 28.0 Å². The number of non-ortho nitro benzene ring substituents is 1. The number of nitrogens with zero attached hydrogens (tertiary/aromatic N) is 2. The molecule has 0 aliphatic carbocycles. The van der Waals surface area contributed by atoms with Crippen LogP contribution in [0.2, 0.25) is 0 Å². The molecule has 0 aromatic heterocycles. The van der Waals surface area contributed by atoms with E-state index < -0.39 is 4.92 Å². The molecule has 0 unspecified atom stereocenters. The Hall–Kier alpha value is -2.13. The number of rotatable bonds is 5. The maximum atomic E-state index is 11.0. The van der Waals surface area contributed by atoms with Crippen LogP contribution in [0.3, 0.4) is 0 Å². The van der Waals surface area contributed by atoms with Gasteiger partial charge in [0.25, 0.3) is 5.69 Å². The Balaban J connectivity index is 2.51. The minimum atomic E-state index is -0.578. The molecule has 0 spiro atoms. The van der Waals surface area contributed by atoms with Crippen molar-refractivity contribution in [2.45, 2.75) is 6.92 Å². The molecule has 126 valence electrons. The number of nitro benzene ring substituents is 1. The number of hydrogen-bond acceptors (Lipinski definition) is 6. The van der Waals surface area contributed by atoms with Crippen LogP contribution in [0, 0.1) is 10.1 Å². The average molecular weight is 460 g/mol. The zero-order valence-electron chi connectivity index (χ0n) is 12.4. The fourth-order valence-electron chi connectivity index (χ4n) is 1.89. The smallest absolute Gasteiger partial charge is 0.274 e. The van der Waals surface area contributed by atoms with Gasteiger partial charge in [-0.2, -0.15) is 0 Å². The molecular formula is C15H12Br2N2O5. The molecule has 2 rings (SSSR count). The lowest BCUT2D eigenvalue weighted by Crippen LogP contribution is -1.97. The Morgan fingerprint density at radius 1 is 1.25 bits per heavy atom. The number of aromatic hydroxyl groups is 2. The molecule has 2 aromatic carbocycles. The van der Waals surface area contributed by atoms with Crippen molar-refractivity contribution in [1.29, 1.82) is 0 Å². The second kappa shape index (κ2) is 7.63. The molecule has 0 fully saturated rings. The van der Waals surface area contributed by atoms with E-state index in [-0.39, 0.29) is 35.1 Å². The molecule has 0 bridgehead atoms. The van der Waals surface area contributed by atoms with E-state index >= 15 is 0 Å². The summed E-state index contributed by atoms with van der Waals surface area (Å²) >= 11 is 6.54. The highest BCUT2D eigenvalue weighted by Crippen LogP contribution is 2.38. The molecule has 0 radical (unpaired) electrons. The molecule has 7 nitrogen and oxygen atoms in total. The van der Waals surface area contributed by atoms with Crippen molar-refractivity contribution in [3.05, 3.63) is 48.9 Å². The lowest BCUT2D eigenvalue weighted by molar-refractivity contribution is -0.385. The van der Waals surface area contributed by atoms with Gasteiger partial charge in [0.15, 0.2) is 11.5 Å². The highest BCUT2D eigenvalue weighted by atomic mass is 79.9. The van der Waals surface area contributed by atoms with Gasteiger partial charge in [0.1, 0.15) is 5.75 Å². The molecule has 0 aliphatic heterocycles. The van der Waals surface area contributed by atoms with Crippen molar-refractivity contribution >= 4 is 49.4 Å². The predicted molar refractivity (Wildman–Crippen MR) is 96.7 cm³/mol. The Bertz CT molecular complexity index is 801. The maximum Gasteiger partial charge on any atom is 0.274 e. The number of phenolic OH excluding ortho intramolecular Hbond substituents is 2. The van der Waals surface area contributed by atoms with Crippen molar-refractivity contribution in [2.24, 2.45) is 4.99 Å². The number of halogens is 2. The van der Waals surface area contributed by atoms with Crippen LogP contribution in [0.25, 0.3) is 0 Å². The van der Waals surface area contributed by atoms with Gasteiger partial charge in [-0.3, -0.25) is 15.1 Å². The molecule has 2 aromatic rings. The van der Waals surface area contributed by atoms with Crippen LogP contribution in [0.4, 0.5) is 11.4 Å². The SMILES string of the molecule is CCOc1cc([N+](=O)[O-])cc(C=Nc2c(Br)cc(O)cc2Br)c1O. The van der Waals surface area contributed by atoms with E-state index in [4.69, 9.17) is 4.74 Å². The van der Waals surface area contributed by atoms with E-state index in [9.17, 15) is 20.3 Å². The molecule has 0 saturated heterocycles. The maximum absolute atomic E-state index is 11.0. The van der Waals surface area contributed by atoms with E-state index in [1.165, 1.54) is 24.4 Å². The number of benzene rings is 2. The summed E-state index contributed by atoms with van der Waals surface area (Å²) in [7, 11) is 0. The fourth-order valence-corrected chi connectivity index (χ4v) is 3.26. The first-order chi connectivity index (χ1) is 11.3. The van der Waals surface area contributed by atoms with E-state index in [1.54, 1.807) is 6.92 Å². The van der Waals surface area contributed by atoms with Gasteiger partial charge in [-0.25, -0.2) is 0 Å². The quantitative estimate of drug-likeness (QED) is 0.383. The first-order valence-corrected chi connectivity index (χ1v) is 8.28. The summed E-state index contributed by atoms with van der Waals surface area (Å²) in [6.07, 6.45) is 1.28. The second-order valence-corrected chi connectivity index (χ2v) is 6.30. The van der Waals surface area contributed by atoms with Crippen molar-refractivity contribution in [1.82, 2.24) is 0 Å². The Kier molecular flexibility index (Phi) is 5.79. The van der Waals surface area contributed by atoms with E-state index in [0.29, 0.717) is 14.6 Å². The van der Waals surface area contributed by atoms with Gasteiger partial charge in [-0.15, -0.1) is 0 Å². The third-order valence-electron chi connectivity index (χ3n) is 2.93. The minimum absolute atomic E-state index is 0.0111. The molecule has 0 saturated carbocycles. The van der Waals surface area contributed by atoms with Gasteiger partial charge in [-0.05, 0) is 50.9 Å². The van der Waals surface area contributed by atoms with Gasteiger partial charge in [0.2, 0.25) is 0 Å². The lowest BCUT2D eigenvalue weighted by atomic mass is 10.1. The highest BCUT2D eigenvalue weighted by Gasteiger charge is 2.16. The summed E-state index contributed by atoms with van der Waals surface area (Å²) in [6, 6.07) is 5.26. The van der Waals surface area contributed by atoms with Crippen LogP contribution >= 0.6 is 31.9 Å². The van der Waals surface area contributed by atoms with Gasteiger partial charge < -0.3 is 14.9 Å². The van der Waals surface area contributed by atoms with Crippen LogP contribution in [0.15, 0.2) is 38.2 Å². The zero-order chi connectivity index (χ0) is 17.9. The summed E-state index contributed by atoms with van der Waals surface area (Å²) in [5.74, 6) is -0.182. The standard InChI is InChI=1S/C15H12Br2N2O5/c1-2-24-13-4-9(19(22)23)3-8(15(13)21)7-18-14-11(16)5-10(20)6-12(14)17/h3-7,20-21H,2H2,1H3. The first kappa shape index (κ1) is 18.2. The van der Waals surface area contributed by atoms with E-state index in [0.717, 1.165) is 6.07 Å². The monoisotopic (exact) mass is 458 g/mol. The molecule has 0 heterocycles. The predicted octanol–water partition coefficient (Wildman–Crippen LogP) is 4.68. The largest absolute Gasteiger partial charge is 0.508 e. The number of aliphatic imine (C=N–C) groups is 1. The fraction of sp³-hybridized carbons (Fsp3) is 0.133. The molecule has 0 amide bonds. The summed E-state index contributed by atoms with van der Waals surface area (Å²) < 4.78 is 6.24. The summed E-state index contributed by atoms with van der Waals surface area (Å²) in [6.45, 7) is 1.96. The second-order valence-electron chi connectivity index (χ2n) is 4.59. The van der Waals surface area contributed by atoms with Crippen molar-refractivity contribution in [3.8, 4) is 17.2 Å². The Morgan fingerprint density at radius 3 is 2.42 bits per heavy atom. The van der Waals surface area contributed by atoms with E-state index in [1.807, 2.05) is 0 Å². The summed E-state index contributed by atoms with van der Waals surface area (Å²) in [5.41, 5.74) is 0.373. The number of ether oxygens (including phenoxy) is 1. The molecule has 0 aliphatic rings. The first-order valence-electron chi connectivity index (χ1n) is 6.69.